The molecule has 0 aromatic heterocycles. The first-order valence-electron chi connectivity index (χ1n) is 5.00. The van der Waals surface area contributed by atoms with E-state index in [4.69, 9.17) is 5.73 Å². The van der Waals surface area contributed by atoms with E-state index < -0.39 is 9.85 Å². The molecule has 7 heteroatoms. The van der Waals surface area contributed by atoms with Crippen molar-refractivity contribution in [2.75, 3.05) is 0 Å². The van der Waals surface area contributed by atoms with Crippen LogP contribution in [-0.4, -0.2) is 15.9 Å². The largest absolute Gasteiger partial charge is 0.328 e. The van der Waals surface area contributed by atoms with Crippen molar-refractivity contribution in [1.29, 1.82) is 0 Å². The molecule has 1 rings (SSSR count). The Kier molecular flexibility index (Phi) is 3.74. The lowest BCUT2D eigenvalue weighted by molar-refractivity contribution is -0.394. The highest BCUT2D eigenvalue weighted by Gasteiger charge is 2.21. The number of nitro benzene ring substituents is 2. The molecule has 0 aliphatic carbocycles. The molecular weight excluding hydrogens is 226 g/mol. The fraction of sp³-hybridized carbons (Fsp3) is 0.400. The van der Waals surface area contributed by atoms with E-state index in [0.29, 0.717) is 17.5 Å². The van der Waals surface area contributed by atoms with Gasteiger partial charge in [0.1, 0.15) is 0 Å². The lowest BCUT2D eigenvalue weighted by Crippen LogP contribution is -2.18. The normalized spacial score (nSPS) is 12.2. The van der Waals surface area contributed by atoms with E-state index in [9.17, 15) is 20.2 Å². The monoisotopic (exact) mass is 239 g/mol. The molecule has 0 amide bonds. The third-order valence-electron chi connectivity index (χ3n) is 2.42. The van der Waals surface area contributed by atoms with E-state index in [1.165, 1.54) is 6.07 Å². The molecule has 0 spiro atoms. The smallest absolute Gasteiger partial charge is 0.279 e. The molecule has 92 valence electrons. The maximum atomic E-state index is 10.8. The molecule has 0 unspecified atom stereocenters. The molecule has 0 aliphatic heterocycles. The summed E-state index contributed by atoms with van der Waals surface area (Å²) in [6.45, 7) is 3.31. The topological polar surface area (TPSA) is 112 Å². The van der Waals surface area contributed by atoms with E-state index in [1.807, 2.05) is 0 Å². The molecule has 7 nitrogen and oxygen atoms in total. The lowest BCUT2D eigenvalue weighted by atomic mass is 10.00. The molecule has 17 heavy (non-hydrogen) atoms. The van der Waals surface area contributed by atoms with Gasteiger partial charge in [0.2, 0.25) is 0 Å². The minimum Gasteiger partial charge on any atom is -0.328 e. The van der Waals surface area contributed by atoms with Crippen LogP contribution in [0, 0.1) is 27.2 Å². The van der Waals surface area contributed by atoms with Gasteiger partial charge >= 0.3 is 0 Å². The minimum absolute atomic E-state index is 0.213. The van der Waals surface area contributed by atoms with Crippen LogP contribution in [0.25, 0.3) is 0 Å². The summed E-state index contributed by atoms with van der Waals surface area (Å²) in [5.41, 5.74) is 6.06. The summed E-state index contributed by atoms with van der Waals surface area (Å²) in [7, 11) is 0. The lowest BCUT2D eigenvalue weighted by Gasteiger charge is -2.08. The van der Waals surface area contributed by atoms with Crippen molar-refractivity contribution in [2.24, 2.45) is 5.73 Å². The van der Waals surface area contributed by atoms with Crippen LogP contribution in [0.4, 0.5) is 11.4 Å². The van der Waals surface area contributed by atoms with Crippen molar-refractivity contribution in [2.45, 2.75) is 26.3 Å². The van der Waals surface area contributed by atoms with Gasteiger partial charge in [0.05, 0.1) is 15.9 Å². The third kappa shape index (κ3) is 2.97. The van der Waals surface area contributed by atoms with Gasteiger partial charge in [-0.25, -0.2) is 0 Å². The molecule has 0 saturated heterocycles. The molecule has 1 aromatic rings. The predicted octanol–water partition coefficient (Wildman–Crippen LogP) is 1.70. The van der Waals surface area contributed by atoms with E-state index in [-0.39, 0.29) is 17.4 Å². The molecule has 0 heterocycles. The first-order valence-corrected chi connectivity index (χ1v) is 5.00. The fourth-order valence-corrected chi connectivity index (χ4v) is 1.60. The second kappa shape index (κ2) is 4.88. The molecule has 0 saturated carbocycles. The van der Waals surface area contributed by atoms with Crippen LogP contribution in [0.5, 0.6) is 0 Å². The summed E-state index contributed by atoms with van der Waals surface area (Å²) in [4.78, 5) is 20.2. The highest BCUT2D eigenvalue weighted by molar-refractivity contribution is 5.53. The number of nitrogens with two attached hydrogens (primary N) is 1. The Bertz CT molecular complexity index is 471. The summed E-state index contributed by atoms with van der Waals surface area (Å²) in [6, 6.07) is 2.10. The van der Waals surface area contributed by atoms with Crippen LogP contribution in [0.3, 0.4) is 0 Å². The Morgan fingerprint density at radius 1 is 1.29 bits per heavy atom. The van der Waals surface area contributed by atoms with E-state index in [2.05, 4.69) is 0 Å². The van der Waals surface area contributed by atoms with E-state index in [0.717, 1.165) is 6.07 Å². The second-order valence-corrected chi connectivity index (χ2v) is 3.94. The Hall–Kier alpha value is -2.02. The second-order valence-electron chi connectivity index (χ2n) is 3.94. The third-order valence-corrected chi connectivity index (χ3v) is 2.42. The molecule has 2 N–H and O–H groups in total. The predicted molar refractivity (Wildman–Crippen MR) is 61.8 cm³/mol. The summed E-state index contributed by atoms with van der Waals surface area (Å²) < 4.78 is 0. The standard InChI is InChI=1S/C10H13N3O4/c1-6(11)3-8-4-9(12(14)15)5-10(7(8)2)13(16)17/h4-6H,3,11H2,1-2H3/t6-/m0/s1. The molecule has 1 aromatic carbocycles. The van der Waals surface area contributed by atoms with Gasteiger partial charge in [0.15, 0.2) is 0 Å². The summed E-state index contributed by atoms with van der Waals surface area (Å²) in [5, 5.41) is 21.5. The maximum Gasteiger partial charge on any atom is 0.279 e. The van der Waals surface area contributed by atoms with Crippen molar-refractivity contribution < 1.29 is 9.85 Å². The van der Waals surface area contributed by atoms with Gasteiger partial charge in [-0.1, -0.05) is 0 Å². The first kappa shape index (κ1) is 13.0. The molecule has 0 fully saturated rings. The van der Waals surface area contributed by atoms with E-state index >= 15 is 0 Å². The number of rotatable bonds is 4. The maximum absolute atomic E-state index is 10.8. The van der Waals surface area contributed by atoms with Gasteiger partial charge < -0.3 is 5.73 Å². The van der Waals surface area contributed by atoms with Gasteiger partial charge in [-0.2, -0.15) is 0 Å². The summed E-state index contributed by atoms with van der Waals surface area (Å²) >= 11 is 0. The Morgan fingerprint density at radius 3 is 2.29 bits per heavy atom. The van der Waals surface area contributed by atoms with Gasteiger partial charge in [0, 0.05) is 17.7 Å². The summed E-state index contributed by atoms with van der Waals surface area (Å²) in [6.07, 6.45) is 0.369. The zero-order chi connectivity index (χ0) is 13.2. The van der Waals surface area contributed by atoms with Crippen molar-refractivity contribution in [3.05, 3.63) is 43.5 Å². The van der Waals surface area contributed by atoms with Crippen LogP contribution in [-0.2, 0) is 6.42 Å². The number of hydrogen-bond acceptors (Lipinski definition) is 5. The Morgan fingerprint density at radius 2 is 1.88 bits per heavy atom. The molecule has 1 atom stereocenters. The van der Waals surface area contributed by atoms with Crippen LogP contribution >= 0.6 is 0 Å². The van der Waals surface area contributed by atoms with Crippen molar-refractivity contribution in [1.82, 2.24) is 0 Å². The van der Waals surface area contributed by atoms with Crippen LogP contribution in [0.2, 0.25) is 0 Å². The van der Waals surface area contributed by atoms with Gasteiger partial charge in [-0.05, 0) is 25.8 Å². The Balaban J connectivity index is 3.37. The number of nitro groups is 2. The fourth-order valence-electron chi connectivity index (χ4n) is 1.60. The number of hydrogen-bond donors (Lipinski definition) is 1. The SMILES string of the molecule is Cc1c(C[C@H](C)N)cc([N+](=O)[O-])cc1[N+](=O)[O-]. The minimum atomic E-state index is -0.642. The molecular formula is C10H13N3O4. The first-order chi connectivity index (χ1) is 7.82. The number of nitrogens with zero attached hydrogens (tertiary/aromatic N) is 2. The molecule has 0 radical (unpaired) electrons. The van der Waals surface area contributed by atoms with Gasteiger partial charge in [-0.3, -0.25) is 20.2 Å². The van der Waals surface area contributed by atoms with Crippen molar-refractivity contribution in [3.63, 3.8) is 0 Å². The molecule has 0 aliphatic rings. The zero-order valence-electron chi connectivity index (χ0n) is 9.54. The van der Waals surface area contributed by atoms with Crippen molar-refractivity contribution in [3.8, 4) is 0 Å². The average Bonchev–Trinajstić information content (AvgIpc) is 2.19. The van der Waals surface area contributed by atoms with Gasteiger partial charge in [0.25, 0.3) is 11.4 Å². The highest BCUT2D eigenvalue weighted by Crippen LogP contribution is 2.28. The van der Waals surface area contributed by atoms with E-state index in [1.54, 1.807) is 13.8 Å². The van der Waals surface area contributed by atoms with Crippen LogP contribution in [0.1, 0.15) is 18.1 Å². The zero-order valence-corrected chi connectivity index (χ0v) is 9.54. The van der Waals surface area contributed by atoms with Crippen molar-refractivity contribution >= 4 is 11.4 Å². The summed E-state index contributed by atoms with van der Waals surface area (Å²) in [5.74, 6) is 0. The average molecular weight is 239 g/mol. The van der Waals surface area contributed by atoms with Gasteiger partial charge in [-0.15, -0.1) is 0 Å². The molecule has 0 bridgehead atoms. The van der Waals surface area contributed by atoms with Crippen LogP contribution in [0.15, 0.2) is 12.1 Å². The quantitative estimate of drug-likeness (QED) is 0.634. The number of non-ortho nitro benzene ring substituents is 1. The van der Waals surface area contributed by atoms with Crippen LogP contribution < -0.4 is 5.73 Å². The number of benzene rings is 1. The highest BCUT2D eigenvalue weighted by atomic mass is 16.6. The Labute approximate surface area is 97.5 Å².